The molecule has 0 aliphatic carbocycles. The van der Waals surface area contributed by atoms with Gasteiger partial charge in [-0.05, 0) is 60.7 Å². The maximum absolute atomic E-state index is 12.0. The van der Waals surface area contributed by atoms with Gasteiger partial charge in [0.25, 0.3) is 0 Å². The Kier molecular flexibility index (Phi) is 13.9. The highest BCUT2D eigenvalue weighted by molar-refractivity contribution is 6.13. The highest BCUT2D eigenvalue weighted by Gasteiger charge is 2.18. The zero-order valence-electron chi connectivity index (χ0n) is 27.5. The second-order valence-electron chi connectivity index (χ2n) is 10.5. The number of para-hydroxylation sites is 2. The van der Waals surface area contributed by atoms with Gasteiger partial charge >= 0.3 is 0 Å². The summed E-state index contributed by atoms with van der Waals surface area (Å²) in [6, 6.07) is 32.2. The molecule has 266 valence electrons. The fraction of sp³-hybridized carbons (Fsp3) is 0.0250. The van der Waals surface area contributed by atoms with E-state index in [0.29, 0.717) is 5.56 Å². The highest BCUT2D eigenvalue weighted by Crippen LogP contribution is 2.30. The molecule has 0 aliphatic rings. The van der Waals surface area contributed by atoms with Gasteiger partial charge in [-0.2, -0.15) is 0 Å². The second kappa shape index (κ2) is 18.5. The lowest BCUT2D eigenvalue weighted by atomic mass is 10.0. The van der Waals surface area contributed by atoms with Crippen LogP contribution in [0.25, 0.3) is 0 Å². The number of rotatable bonds is 6. The zero-order chi connectivity index (χ0) is 38.4. The van der Waals surface area contributed by atoms with Crippen LogP contribution in [-0.4, -0.2) is 70.4 Å². The van der Waals surface area contributed by atoms with E-state index < -0.39 is 11.6 Å². The van der Waals surface area contributed by atoms with E-state index in [4.69, 9.17) is 20.4 Å². The molecule has 6 rings (SSSR count). The molecule has 0 amide bonds. The SMILES string of the molecule is CO.O=C(c1ccc(O)cc1O)c1ccc(O)cc1O.O=C(c1ccccc1)c1ccc(O)cc1O.O=C(c1ccccc1O)c1ccccc1O. The number of phenolic OH excluding ortho intramolecular Hbond substituents is 8. The van der Waals surface area contributed by atoms with E-state index in [1.165, 1.54) is 60.7 Å². The molecule has 0 aliphatic heterocycles. The Balaban J connectivity index is 0.000000206. The fourth-order valence-electron chi connectivity index (χ4n) is 4.50. The van der Waals surface area contributed by atoms with Crippen LogP contribution in [0.4, 0.5) is 0 Å². The first-order valence-electron chi connectivity index (χ1n) is 15.1. The molecule has 12 heteroatoms. The predicted octanol–water partition coefficient (Wildman–Crippen LogP) is 6.01. The normalized spacial score (nSPS) is 9.81. The van der Waals surface area contributed by atoms with Crippen LogP contribution in [0, 0.1) is 0 Å². The van der Waals surface area contributed by atoms with Crippen molar-refractivity contribution in [3.05, 3.63) is 167 Å². The molecule has 0 aromatic heterocycles. The van der Waals surface area contributed by atoms with Crippen LogP contribution in [0.15, 0.2) is 133 Å². The van der Waals surface area contributed by atoms with E-state index in [2.05, 4.69) is 0 Å². The van der Waals surface area contributed by atoms with Crippen molar-refractivity contribution >= 4 is 17.3 Å². The summed E-state index contributed by atoms with van der Waals surface area (Å²) >= 11 is 0. The van der Waals surface area contributed by atoms with E-state index in [-0.39, 0.29) is 79.6 Å². The zero-order valence-corrected chi connectivity index (χ0v) is 27.5. The Morgan fingerprint density at radius 1 is 0.327 bits per heavy atom. The van der Waals surface area contributed by atoms with E-state index in [1.807, 2.05) is 6.07 Å². The van der Waals surface area contributed by atoms with Gasteiger partial charge < -0.3 is 46.0 Å². The fourth-order valence-corrected chi connectivity index (χ4v) is 4.50. The number of aromatic hydroxyl groups is 8. The van der Waals surface area contributed by atoms with Gasteiger partial charge in [0, 0.05) is 30.9 Å². The average Bonchev–Trinajstić information content (AvgIpc) is 3.13. The summed E-state index contributed by atoms with van der Waals surface area (Å²) in [5.74, 6) is -2.82. The summed E-state index contributed by atoms with van der Waals surface area (Å²) in [7, 11) is 1.00. The molecule has 0 fully saturated rings. The number of benzene rings is 6. The third-order valence-corrected chi connectivity index (χ3v) is 7.01. The largest absolute Gasteiger partial charge is 0.508 e. The quantitative estimate of drug-likeness (QED) is 0.0907. The average molecular weight is 707 g/mol. The lowest BCUT2D eigenvalue weighted by Gasteiger charge is -2.06. The third kappa shape index (κ3) is 10.1. The van der Waals surface area contributed by atoms with Crippen LogP contribution in [0.3, 0.4) is 0 Å². The molecular formula is C40H34O12. The first kappa shape index (κ1) is 39.1. The number of hydrogen-bond donors (Lipinski definition) is 9. The van der Waals surface area contributed by atoms with Crippen LogP contribution in [-0.2, 0) is 0 Å². The van der Waals surface area contributed by atoms with Crippen LogP contribution in [0.1, 0.15) is 47.8 Å². The van der Waals surface area contributed by atoms with Crippen molar-refractivity contribution in [2.45, 2.75) is 0 Å². The minimum absolute atomic E-state index is 0.0474. The van der Waals surface area contributed by atoms with Gasteiger partial charge in [0.05, 0.1) is 27.8 Å². The minimum atomic E-state index is -0.606. The molecule has 0 spiro atoms. The van der Waals surface area contributed by atoms with Crippen LogP contribution < -0.4 is 0 Å². The van der Waals surface area contributed by atoms with Crippen molar-refractivity contribution < 1.29 is 60.3 Å². The van der Waals surface area contributed by atoms with Crippen LogP contribution >= 0.6 is 0 Å². The Morgan fingerprint density at radius 3 is 0.942 bits per heavy atom. The van der Waals surface area contributed by atoms with E-state index in [9.17, 15) is 39.9 Å². The standard InChI is InChI=1S/C13H10O5.2C13H10O3.CH4O/c14-7-1-3-9(11(16)5-7)13(18)10-4-2-8(15)6-12(10)17;14-11-7-3-1-5-9(11)13(16)10-6-2-4-8-12(10)15;14-10-6-7-11(12(15)8-10)13(16)9-4-2-1-3-5-9;1-2/h1-6,14-17H;2*1-8,14-15H;2H,1H3. The lowest BCUT2D eigenvalue weighted by Crippen LogP contribution is -2.01. The second-order valence-corrected chi connectivity index (χ2v) is 10.5. The molecule has 0 saturated carbocycles. The third-order valence-electron chi connectivity index (χ3n) is 7.01. The Labute approximate surface area is 297 Å². The predicted molar refractivity (Wildman–Crippen MR) is 190 cm³/mol. The number of carbonyl (C=O) groups is 3. The summed E-state index contributed by atoms with van der Waals surface area (Å²) in [5.41, 5.74) is 0.961. The van der Waals surface area contributed by atoms with E-state index in [0.717, 1.165) is 25.3 Å². The van der Waals surface area contributed by atoms with Gasteiger partial charge in [0.15, 0.2) is 17.3 Å². The topological polar surface area (TPSA) is 233 Å². The number of hydrogen-bond acceptors (Lipinski definition) is 12. The van der Waals surface area contributed by atoms with Crippen molar-refractivity contribution in [1.29, 1.82) is 0 Å². The lowest BCUT2D eigenvalue weighted by molar-refractivity contribution is 0.102. The highest BCUT2D eigenvalue weighted by atomic mass is 16.3. The molecule has 0 heterocycles. The van der Waals surface area contributed by atoms with Gasteiger partial charge in [-0.1, -0.05) is 54.6 Å². The van der Waals surface area contributed by atoms with E-state index >= 15 is 0 Å². The molecule has 0 atom stereocenters. The monoisotopic (exact) mass is 706 g/mol. The molecule has 6 aromatic carbocycles. The smallest absolute Gasteiger partial charge is 0.200 e. The number of aliphatic hydroxyl groups excluding tert-OH is 1. The number of aliphatic hydroxyl groups is 1. The minimum Gasteiger partial charge on any atom is -0.508 e. The molecule has 0 saturated heterocycles. The summed E-state index contributed by atoms with van der Waals surface area (Å²) in [6.45, 7) is 0. The van der Waals surface area contributed by atoms with Crippen molar-refractivity contribution in [3.63, 3.8) is 0 Å². The summed E-state index contributed by atoms with van der Waals surface area (Å²) < 4.78 is 0. The first-order chi connectivity index (χ1) is 24.9. The summed E-state index contributed by atoms with van der Waals surface area (Å²) in [6.07, 6.45) is 0. The van der Waals surface area contributed by atoms with Gasteiger partial charge in [0.1, 0.15) is 46.0 Å². The van der Waals surface area contributed by atoms with Crippen molar-refractivity contribution in [2.24, 2.45) is 0 Å². The molecule has 6 aromatic rings. The Morgan fingerprint density at radius 2 is 0.615 bits per heavy atom. The van der Waals surface area contributed by atoms with Gasteiger partial charge in [-0.15, -0.1) is 0 Å². The van der Waals surface area contributed by atoms with Gasteiger partial charge in [-0.25, -0.2) is 0 Å². The number of carbonyl (C=O) groups excluding carboxylic acids is 3. The van der Waals surface area contributed by atoms with Crippen molar-refractivity contribution in [3.8, 4) is 46.0 Å². The first-order valence-corrected chi connectivity index (χ1v) is 15.1. The number of phenols is 8. The van der Waals surface area contributed by atoms with Crippen molar-refractivity contribution in [2.75, 3.05) is 7.11 Å². The molecule has 0 bridgehead atoms. The Hall–Kier alpha value is -7.31. The molecule has 52 heavy (non-hydrogen) atoms. The molecule has 12 nitrogen and oxygen atoms in total. The molecule has 0 unspecified atom stereocenters. The number of ketones is 3. The van der Waals surface area contributed by atoms with Crippen molar-refractivity contribution in [1.82, 2.24) is 0 Å². The van der Waals surface area contributed by atoms with Gasteiger partial charge in [-0.3, -0.25) is 14.4 Å². The maximum Gasteiger partial charge on any atom is 0.200 e. The van der Waals surface area contributed by atoms with E-state index in [1.54, 1.807) is 48.5 Å². The maximum atomic E-state index is 12.0. The Bertz CT molecular complexity index is 2060. The van der Waals surface area contributed by atoms with Crippen LogP contribution in [0.2, 0.25) is 0 Å². The van der Waals surface area contributed by atoms with Gasteiger partial charge in [0.2, 0.25) is 0 Å². The van der Waals surface area contributed by atoms with Crippen LogP contribution in [0.5, 0.6) is 46.0 Å². The summed E-state index contributed by atoms with van der Waals surface area (Å²) in [4.78, 5) is 35.9. The summed E-state index contributed by atoms with van der Waals surface area (Å²) in [5, 5.41) is 82.1. The molecular weight excluding hydrogens is 672 g/mol. The molecule has 0 radical (unpaired) electrons. The molecule has 9 N–H and O–H groups in total.